The number of benzene rings is 1. The molecule has 1 fully saturated rings. The standard InChI is InChI=1S/C17H20Cl3N3O/c1-11(6-12-2-3-13(18)8-14(12)19)7-15(23-10-21-9-22-23)16(24)17(20)4-5-17/h2-3,8-11,15-16,24H,4-7H2,1H3. The molecule has 1 aromatic carbocycles. The highest BCUT2D eigenvalue weighted by molar-refractivity contribution is 6.35. The van der Waals surface area contributed by atoms with Crippen LogP contribution in [0.25, 0.3) is 0 Å². The van der Waals surface area contributed by atoms with Gasteiger partial charge in [-0.15, -0.1) is 11.6 Å². The van der Waals surface area contributed by atoms with Gasteiger partial charge in [0.15, 0.2) is 0 Å². The molecule has 1 N–H and O–H groups in total. The van der Waals surface area contributed by atoms with E-state index in [4.69, 9.17) is 34.8 Å². The van der Waals surface area contributed by atoms with Crippen molar-refractivity contribution in [1.82, 2.24) is 14.8 Å². The van der Waals surface area contributed by atoms with Crippen molar-refractivity contribution in [3.8, 4) is 0 Å². The van der Waals surface area contributed by atoms with E-state index in [0.29, 0.717) is 10.0 Å². The number of aliphatic hydroxyl groups excluding tert-OH is 1. The van der Waals surface area contributed by atoms with Crippen molar-refractivity contribution >= 4 is 34.8 Å². The van der Waals surface area contributed by atoms with Gasteiger partial charge in [-0.25, -0.2) is 9.67 Å². The Labute approximate surface area is 156 Å². The maximum absolute atomic E-state index is 10.7. The van der Waals surface area contributed by atoms with Crippen LogP contribution in [-0.4, -0.2) is 30.8 Å². The van der Waals surface area contributed by atoms with E-state index in [1.54, 1.807) is 17.1 Å². The van der Waals surface area contributed by atoms with E-state index in [-0.39, 0.29) is 12.0 Å². The number of rotatable bonds is 7. The Balaban J connectivity index is 1.72. The number of halogens is 3. The van der Waals surface area contributed by atoms with Gasteiger partial charge in [-0.1, -0.05) is 36.2 Å². The lowest BCUT2D eigenvalue weighted by Gasteiger charge is -2.28. The molecule has 0 bridgehead atoms. The normalized spacial score (nSPS) is 19.7. The number of aliphatic hydroxyl groups is 1. The van der Waals surface area contributed by atoms with Crippen LogP contribution >= 0.6 is 34.8 Å². The lowest BCUT2D eigenvalue weighted by atomic mass is 9.90. The lowest BCUT2D eigenvalue weighted by molar-refractivity contribution is 0.0811. The summed E-state index contributed by atoms with van der Waals surface area (Å²) in [6.07, 6.45) is 5.66. The van der Waals surface area contributed by atoms with Crippen molar-refractivity contribution in [3.63, 3.8) is 0 Å². The summed E-state index contributed by atoms with van der Waals surface area (Å²) in [5, 5.41) is 16.2. The van der Waals surface area contributed by atoms with Crippen LogP contribution in [0.1, 0.15) is 37.8 Å². The molecule has 1 aliphatic rings. The molecule has 0 amide bonds. The van der Waals surface area contributed by atoms with Crippen molar-refractivity contribution in [2.24, 2.45) is 5.92 Å². The molecule has 1 heterocycles. The fourth-order valence-corrected chi connectivity index (χ4v) is 3.81. The first kappa shape index (κ1) is 18.0. The third kappa shape index (κ3) is 4.05. The fourth-order valence-electron chi connectivity index (χ4n) is 3.09. The maximum Gasteiger partial charge on any atom is 0.137 e. The number of hydrogen-bond donors (Lipinski definition) is 1. The van der Waals surface area contributed by atoms with Crippen molar-refractivity contribution in [2.45, 2.75) is 49.6 Å². The van der Waals surface area contributed by atoms with Crippen LogP contribution in [0.4, 0.5) is 0 Å². The van der Waals surface area contributed by atoms with Crippen LogP contribution in [0, 0.1) is 5.92 Å². The molecule has 3 unspecified atom stereocenters. The Morgan fingerprint density at radius 2 is 2.08 bits per heavy atom. The molecule has 1 aromatic heterocycles. The second kappa shape index (κ2) is 7.20. The van der Waals surface area contributed by atoms with E-state index in [1.165, 1.54) is 6.33 Å². The topological polar surface area (TPSA) is 50.9 Å². The molecule has 1 saturated carbocycles. The quantitative estimate of drug-likeness (QED) is 0.709. The predicted octanol–water partition coefficient (Wildman–Crippen LogP) is 4.53. The molecule has 3 rings (SSSR count). The predicted molar refractivity (Wildman–Crippen MR) is 96.8 cm³/mol. The van der Waals surface area contributed by atoms with Gasteiger partial charge < -0.3 is 5.11 Å². The van der Waals surface area contributed by atoms with E-state index < -0.39 is 11.0 Å². The molecule has 2 aromatic rings. The van der Waals surface area contributed by atoms with Gasteiger partial charge in [0.25, 0.3) is 0 Å². The highest BCUT2D eigenvalue weighted by atomic mass is 35.5. The molecule has 0 radical (unpaired) electrons. The zero-order chi connectivity index (χ0) is 17.3. The minimum Gasteiger partial charge on any atom is -0.389 e. The fraction of sp³-hybridized carbons (Fsp3) is 0.529. The van der Waals surface area contributed by atoms with Crippen LogP contribution in [0.3, 0.4) is 0 Å². The summed E-state index contributed by atoms with van der Waals surface area (Å²) in [6, 6.07) is 5.35. The van der Waals surface area contributed by atoms with E-state index in [2.05, 4.69) is 17.0 Å². The summed E-state index contributed by atoms with van der Waals surface area (Å²) in [4.78, 5) is 3.49. The summed E-state index contributed by atoms with van der Waals surface area (Å²) >= 11 is 18.7. The average molecular weight is 389 g/mol. The van der Waals surface area contributed by atoms with E-state index in [0.717, 1.165) is 31.2 Å². The highest BCUT2D eigenvalue weighted by Crippen LogP contribution is 2.49. The second-order valence-electron chi connectivity index (χ2n) is 6.70. The number of aromatic nitrogens is 3. The SMILES string of the molecule is CC(Cc1ccc(Cl)cc1Cl)CC(C(O)C1(Cl)CC1)n1cncn1. The molecular formula is C17H20Cl3N3O. The van der Waals surface area contributed by atoms with Crippen molar-refractivity contribution in [2.75, 3.05) is 0 Å². The molecule has 0 aliphatic heterocycles. The van der Waals surface area contributed by atoms with Crippen LogP contribution < -0.4 is 0 Å². The number of alkyl halides is 1. The Bertz CT molecular complexity index is 688. The summed E-state index contributed by atoms with van der Waals surface area (Å²) < 4.78 is 1.72. The molecule has 0 saturated heterocycles. The summed E-state index contributed by atoms with van der Waals surface area (Å²) in [6.45, 7) is 2.13. The average Bonchev–Trinajstić information content (AvgIpc) is 3.07. The smallest absolute Gasteiger partial charge is 0.137 e. The second-order valence-corrected chi connectivity index (χ2v) is 8.30. The third-order valence-electron chi connectivity index (χ3n) is 4.63. The largest absolute Gasteiger partial charge is 0.389 e. The molecule has 24 heavy (non-hydrogen) atoms. The van der Waals surface area contributed by atoms with Gasteiger partial charge >= 0.3 is 0 Å². The summed E-state index contributed by atoms with van der Waals surface area (Å²) in [5.74, 6) is 0.284. The first-order chi connectivity index (χ1) is 11.4. The van der Waals surface area contributed by atoms with Gasteiger partial charge in [0.05, 0.1) is 17.0 Å². The zero-order valence-electron chi connectivity index (χ0n) is 13.4. The van der Waals surface area contributed by atoms with Gasteiger partial charge in [-0.05, 0) is 49.3 Å². The number of nitrogens with zero attached hydrogens (tertiary/aromatic N) is 3. The molecular weight excluding hydrogens is 369 g/mol. The molecule has 3 atom stereocenters. The minimum absolute atomic E-state index is 0.200. The van der Waals surface area contributed by atoms with E-state index in [9.17, 15) is 5.11 Å². The molecule has 1 aliphatic carbocycles. The van der Waals surface area contributed by atoms with Crippen molar-refractivity contribution < 1.29 is 5.11 Å². The summed E-state index contributed by atoms with van der Waals surface area (Å²) in [7, 11) is 0. The molecule has 4 nitrogen and oxygen atoms in total. The molecule has 7 heteroatoms. The number of hydrogen-bond acceptors (Lipinski definition) is 3. The van der Waals surface area contributed by atoms with E-state index in [1.807, 2.05) is 12.1 Å². The first-order valence-corrected chi connectivity index (χ1v) is 9.17. The van der Waals surface area contributed by atoms with Gasteiger partial charge in [0, 0.05) is 10.0 Å². The third-order valence-corrected chi connectivity index (χ3v) is 5.81. The Kier molecular flexibility index (Phi) is 5.40. The molecule has 130 valence electrons. The van der Waals surface area contributed by atoms with Crippen molar-refractivity contribution in [1.29, 1.82) is 0 Å². The van der Waals surface area contributed by atoms with Crippen LogP contribution in [0.5, 0.6) is 0 Å². The van der Waals surface area contributed by atoms with Gasteiger partial charge in [0.2, 0.25) is 0 Å². The van der Waals surface area contributed by atoms with Crippen LogP contribution in [0.15, 0.2) is 30.9 Å². The van der Waals surface area contributed by atoms with Crippen molar-refractivity contribution in [3.05, 3.63) is 46.5 Å². The Morgan fingerprint density at radius 3 is 2.67 bits per heavy atom. The Morgan fingerprint density at radius 1 is 1.33 bits per heavy atom. The lowest BCUT2D eigenvalue weighted by Crippen LogP contribution is -2.35. The highest BCUT2D eigenvalue weighted by Gasteiger charge is 2.51. The van der Waals surface area contributed by atoms with Crippen LogP contribution in [0.2, 0.25) is 10.0 Å². The van der Waals surface area contributed by atoms with Gasteiger partial charge in [-0.2, -0.15) is 5.10 Å². The van der Waals surface area contributed by atoms with Crippen LogP contribution in [-0.2, 0) is 6.42 Å². The van der Waals surface area contributed by atoms with Gasteiger partial charge in [-0.3, -0.25) is 0 Å². The minimum atomic E-state index is -0.649. The molecule has 0 spiro atoms. The Hall–Kier alpha value is -0.810. The summed E-state index contributed by atoms with van der Waals surface area (Å²) in [5.41, 5.74) is 1.05. The van der Waals surface area contributed by atoms with E-state index >= 15 is 0 Å². The zero-order valence-corrected chi connectivity index (χ0v) is 15.6. The maximum atomic E-state index is 10.7. The van der Waals surface area contributed by atoms with Gasteiger partial charge in [0.1, 0.15) is 12.7 Å². The monoisotopic (exact) mass is 387 g/mol. The first-order valence-electron chi connectivity index (χ1n) is 8.04.